The fraction of sp³-hybridized carbons (Fsp3) is 0.333. The SMILES string of the molecule is Nc1ccc(Cl)c(CS(=O)(=O)CCCl)c1. The molecular formula is C9H11Cl2NO2S. The Balaban J connectivity index is 2.94. The molecule has 0 heterocycles. The van der Waals surface area contributed by atoms with E-state index in [9.17, 15) is 8.42 Å². The van der Waals surface area contributed by atoms with Gasteiger partial charge in [-0.05, 0) is 23.8 Å². The van der Waals surface area contributed by atoms with Crippen molar-refractivity contribution >= 4 is 38.7 Å². The Morgan fingerprint density at radius 2 is 2.00 bits per heavy atom. The molecule has 3 nitrogen and oxygen atoms in total. The fourth-order valence-electron chi connectivity index (χ4n) is 1.13. The van der Waals surface area contributed by atoms with E-state index in [4.69, 9.17) is 28.9 Å². The number of rotatable bonds is 4. The fourth-order valence-corrected chi connectivity index (χ4v) is 3.19. The van der Waals surface area contributed by atoms with Gasteiger partial charge in [0.05, 0.1) is 11.5 Å². The monoisotopic (exact) mass is 267 g/mol. The minimum absolute atomic E-state index is 0.0559. The van der Waals surface area contributed by atoms with Crippen LogP contribution in [0.2, 0.25) is 5.02 Å². The first-order valence-corrected chi connectivity index (χ1v) is 6.98. The Kier molecular flexibility index (Phi) is 4.25. The van der Waals surface area contributed by atoms with Gasteiger partial charge in [-0.2, -0.15) is 0 Å². The summed E-state index contributed by atoms with van der Waals surface area (Å²) in [7, 11) is -3.20. The second-order valence-corrected chi connectivity index (χ2v) is 6.10. The first-order chi connectivity index (χ1) is 6.94. The van der Waals surface area contributed by atoms with Crippen LogP contribution in [0, 0.1) is 0 Å². The molecule has 2 N–H and O–H groups in total. The van der Waals surface area contributed by atoms with Crippen molar-refractivity contribution in [3.05, 3.63) is 28.8 Å². The van der Waals surface area contributed by atoms with Crippen LogP contribution < -0.4 is 5.73 Å². The third kappa shape index (κ3) is 3.89. The van der Waals surface area contributed by atoms with E-state index in [0.717, 1.165) is 0 Å². The second kappa shape index (κ2) is 5.05. The van der Waals surface area contributed by atoms with Crippen LogP contribution in [0.5, 0.6) is 0 Å². The Labute approximate surface area is 99.1 Å². The van der Waals surface area contributed by atoms with Gasteiger partial charge in [0.15, 0.2) is 9.84 Å². The van der Waals surface area contributed by atoms with Crippen molar-refractivity contribution in [2.45, 2.75) is 5.75 Å². The maximum absolute atomic E-state index is 11.5. The standard InChI is InChI=1S/C9H11Cl2NO2S/c10-3-4-15(13,14)6-7-5-8(12)1-2-9(7)11/h1-2,5H,3-4,6,12H2. The van der Waals surface area contributed by atoms with Crippen LogP contribution in [0.15, 0.2) is 18.2 Å². The lowest BCUT2D eigenvalue weighted by Crippen LogP contribution is -2.10. The summed E-state index contributed by atoms with van der Waals surface area (Å²) < 4.78 is 23.0. The van der Waals surface area contributed by atoms with Gasteiger partial charge in [-0.3, -0.25) is 0 Å². The molecule has 0 aromatic heterocycles. The number of sulfone groups is 1. The molecule has 1 aromatic carbocycles. The molecule has 0 spiro atoms. The molecule has 0 aliphatic heterocycles. The average Bonchev–Trinajstić information content (AvgIpc) is 2.10. The maximum Gasteiger partial charge on any atom is 0.155 e. The molecule has 1 aromatic rings. The summed E-state index contributed by atoms with van der Waals surface area (Å²) in [6.45, 7) is 0. The second-order valence-electron chi connectivity index (χ2n) is 3.13. The molecule has 0 amide bonds. The highest BCUT2D eigenvalue weighted by atomic mass is 35.5. The zero-order chi connectivity index (χ0) is 11.5. The zero-order valence-corrected chi connectivity index (χ0v) is 10.2. The van der Waals surface area contributed by atoms with Crippen LogP contribution in [-0.2, 0) is 15.6 Å². The van der Waals surface area contributed by atoms with Crippen molar-refractivity contribution in [1.29, 1.82) is 0 Å². The summed E-state index contributed by atoms with van der Waals surface area (Å²) >= 11 is 11.2. The van der Waals surface area contributed by atoms with Gasteiger partial charge in [0.1, 0.15) is 0 Å². The topological polar surface area (TPSA) is 60.2 Å². The van der Waals surface area contributed by atoms with Crippen molar-refractivity contribution in [3.63, 3.8) is 0 Å². The Morgan fingerprint density at radius 1 is 1.33 bits per heavy atom. The molecule has 0 saturated heterocycles. The quantitative estimate of drug-likeness (QED) is 0.671. The van der Waals surface area contributed by atoms with Crippen LogP contribution in [0.3, 0.4) is 0 Å². The van der Waals surface area contributed by atoms with Crippen molar-refractivity contribution in [2.75, 3.05) is 17.4 Å². The summed E-state index contributed by atoms with van der Waals surface area (Å²) in [5.41, 5.74) is 6.55. The minimum atomic E-state index is -3.20. The normalized spacial score (nSPS) is 11.6. The zero-order valence-electron chi connectivity index (χ0n) is 7.91. The number of benzene rings is 1. The van der Waals surface area contributed by atoms with E-state index in [2.05, 4.69) is 0 Å². The number of halogens is 2. The summed E-state index contributed by atoms with van der Waals surface area (Å²) in [6.07, 6.45) is 0. The molecule has 0 unspecified atom stereocenters. The lowest BCUT2D eigenvalue weighted by atomic mass is 10.2. The minimum Gasteiger partial charge on any atom is -0.399 e. The number of nitrogen functional groups attached to an aromatic ring is 1. The van der Waals surface area contributed by atoms with E-state index in [1.807, 2.05) is 0 Å². The number of hydrogen-bond acceptors (Lipinski definition) is 3. The summed E-state index contributed by atoms with van der Waals surface area (Å²) in [5.74, 6) is -0.0917. The molecular weight excluding hydrogens is 257 g/mol. The van der Waals surface area contributed by atoms with Gasteiger partial charge in [-0.25, -0.2) is 8.42 Å². The van der Waals surface area contributed by atoms with Crippen molar-refractivity contribution in [2.24, 2.45) is 0 Å². The van der Waals surface area contributed by atoms with Crippen LogP contribution in [-0.4, -0.2) is 20.1 Å². The smallest absolute Gasteiger partial charge is 0.155 e. The first kappa shape index (κ1) is 12.6. The molecule has 0 aliphatic rings. The van der Waals surface area contributed by atoms with Gasteiger partial charge in [-0.1, -0.05) is 11.6 Å². The van der Waals surface area contributed by atoms with Gasteiger partial charge in [0.2, 0.25) is 0 Å². The van der Waals surface area contributed by atoms with E-state index in [-0.39, 0.29) is 17.4 Å². The molecule has 0 radical (unpaired) electrons. The van der Waals surface area contributed by atoms with Crippen LogP contribution in [0.4, 0.5) is 5.69 Å². The van der Waals surface area contributed by atoms with E-state index in [0.29, 0.717) is 16.3 Å². The first-order valence-electron chi connectivity index (χ1n) is 4.25. The molecule has 84 valence electrons. The highest BCUT2D eigenvalue weighted by Gasteiger charge is 2.13. The lowest BCUT2D eigenvalue weighted by Gasteiger charge is -2.05. The molecule has 6 heteroatoms. The Bertz CT molecular complexity index is 445. The van der Waals surface area contributed by atoms with E-state index >= 15 is 0 Å². The van der Waals surface area contributed by atoms with E-state index in [1.165, 1.54) is 0 Å². The highest BCUT2D eigenvalue weighted by Crippen LogP contribution is 2.21. The van der Waals surface area contributed by atoms with Crippen LogP contribution in [0.1, 0.15) is 5.56 Å². The number of anilines is 1. The van der Waals surface area contributed by atoms with Gasteiger partial charge in [-0.15, -0.1) is 11.6 Å². The molecule has 0 saturated carbocycles. The Hall–Kier alpha value is -0.450. The number of alkyl halides is 1. The molecule has 0 atom stereocenters. The van der Waals surface area contributed by atoms with Crippen molar-refractivity contribution in [1.82, 2.24) is 0 Å². The summed E-state index contributed by atoms with van der Waals surface area (Å²) in [5, 5.41) is 0.405. The third-order valence-electron chi connectivity index (χ3n) is 1.83. The Morgan fingerprint density at radius 3 is 2.60 bits per heavy atom. The van der Waals surface area contributed by atoms with Gasteiger partial charge in [0, 0.05) is 16.6 Å². The predicted octanol–water partition coefficient (Wildman–Crippen LogP) is 2.08. The number of hydrogen-bond donors (Lipinski definition) is 1. The van der Waals surface area contributed by atoms with Gasteiger partial charge in [0.25, 0.3) is 0 Å². The van der Waals surface area contributed by atoms with Crippen molar-refractivity contribution < 1.29 is 8.42 Å². The van der Waals surface area contributed by atoms with Crippen LogP contribution >= 0.6 is 23.2 Å². The molecule has 15 heavy (non-hydrogen) atoms. The summed E-state index contributed by atoms with van der Waals surface area (Å²) in [4.78, 5) is 0. The largest absolute Gasteiger partial charge is 0.399 e. The van der Waals surface area contributed by atoms with E-state index in [1.54, 1.807) is 18.2 Å². The molecule has 0 fully saturated rings. The number of nitrogens with two attached hydrogens (primary N) is 1. The average molecular weight is 268 g/mol. The van der Waals surface area contributed by atoms with Gasteiger partial charge < -0.3 is 5.73 Å². The van der Waals surface area contributed by atoms with Crippen LogP contribution in [0.25, 0.3) is 0 Å². The lowest BCUT2D eigenvalue weighted by molar-refractivity contribution is 0.596. The third-order valence-corrected chi connectivity index (χ3v) is 4.19. The predicted molar refractivity (Wildman–Crippen MR) is 64.1 cm³/mol. The maximum atomic E-state index is 11.5. The highest BCUT2D eigenvalue weighted by molar-refractivity contribution is 7.90. The van der Waals surface area contributed by atoms with Crippen molar-refractivity contribution in [3.8, 4) is 0 Å². The molecule has 0 aliphatic carbocycles. The van der Waals surface area contributed by atoms with E-state index < -0.39 is 9.84 Å². The molecule has 0 bridgehead atoms. The van der Waals surface area contributed by atoms with Gasteiger partial charge >= 0.3 is 0 Å². The molecule has 1 rings (SSSR count). The summed E-state index contributed by atoms with van der Waals surface area (Å²) in [6, 6.07) is 4.77.